The Kier molecular flexibility index (Phi) is 5.14. The summed E-state index contributed by atoms with van der Waals surface area (Å²) in [4.78, 5) is 5.25. The van der Waals surface area contributed by atoms with Crippen molar-refractivity contribution in [2.45, 2.75) is 0 Å². The Morgan fingerprint density at radius 2 is 1.05 bits per heavy atom. The van der Waals surface area contributed by atoms with Crippen molar-refractivity contribution in [2.24, 2.45) is 0 Å². The lowest BCUT2D eigenvalue weighted by molar-refractivity contribution is 0.669. The Balaban J connectivity index is 1.52. The Morgan fingerprint density at radius 1 is 0.475 bits per heavy atom. The minimum absolute atomic E-state index is 0.846. The molecule has 0 saturated heterocycles. The number of para-hydroxylation sites is 5. The number of aromatic nitrogens is 2. The molecule has 2 aromatic heterocycles. The molecule has 0 fully saturated rings. The van der Waals surface area contributed by atoms with E-state index in [4.69, 9.17) is 9.40 Å². The van der Waals surface area contributed by atoms with Gasteiger partial charge in [0.05, 0.1) is 22.3 Å². The zero-order chi connectivity index (χ0) is 26.5. The third kappa shape index (κ3) is 3.49. The Labute approximate surface area is 231 Å². The topological polar surface area (TPSA) is 31.0 Å². The van der Waals surface area contributed by atoms with E-state index in [1.165, 1.54) is 0 Å². The van der Waals surface area contributed by atoms with Crippen LogP contribution in [0.25, 0.3) is 72.3 Å². The summed E-state index contributed by atoms with van der Waals surface area (Å²) >= 11 is 0. The molecule has 0 amide bonds. The first-order chi connectivity index (χ1) is 19.9. The number of furan rings is 1. The molecule has 0 aliphatic rings. The zero-order valence-corrected chi connectivity index (χ0v) is 21.7. The molecule has 0 aliphatic carbocycles. The molecule has 40 heavy (non-hydrogen) atoms. The van der Waals surface area contributed by atoms with E-state index in [-0.39, 0.29) is 0 Å². The fourth-order valence-corrected chi connectivity index (χ4v) is 5.84. The van der Waals surface area contributed by atoms with Gasteiger partial charge in [-0.3, -0.25) is 4.57 Å². The van der Waals surface area contributed by atoms with Crippen molar-refractivity contribution in [3.63, 3.8) is 0 Å². The second-order valence-electron chi connectivity index (χ2n) is 9.97. The Hall–Kier alpha value is -5.41. The number of hydrogen-bond acceptors (Lipinski definition) is 2. The second-order valence-corrected chi connectivity index (χ2v) is 9.97. The highest BCUT2D eigenvalue weighted by Gasteiger charge is 2.23. The first-order valence-corrected chi connectivity index (χ1v) is 13.5. The summed E-state index contributed by atoms with van der Waals surface area (Å²) in [6.07, 6.45) is 0. The van der Waals surface area contributed by atoms with Gasteiger partial charge in [-0.25, -0.2) is 4.98 Å². The lowest BCUT2D eigenvalue weighted by Crippen LogP contribution is -2.03. The molecule has 8 rings (SSSR count). The van der Waals surface area contributed by atoms with Gasteiger partial charge < -0.3 is 4.42 Å². The van der Waals surface area contributed by atoms with Crippen molar-refractivity contribution >= 4 is 33.0 Å². The molecule has 2 heterocycles. The van der Waals surface area contributed by atoms with Crippen molar-refractivity contribution in [1.29, 1.82) is 0 Å². The summed E-state index contributed by atoms with van der Waals surface area (Å²) in [6, 6.07) is 50.7. The fourth-order valence-electron chi connectivity index (χ4n) is 5.84. The number of fused-ring (bicyclic) bond motifs is 4. The average molecular weight is 513 g/mol. The number of imidazole rings is 1. The van der Waals surface area contributed by atoms with Crippen LogP contribution >= 0.6 is 0 Å². The lowest BCUT2D eigenvalue weighted by Gasteiger charge is -2.19. The summed E-state index contributed by atoms with van der Waals surface area (Å²) < 4.78 is 8.82. The van der Waals surface area contributed by atoms with Crippen molar-refractivity contribution in [3.8, 4) is 39.3 Å². The molecule has 0 atom stereocenters. The van der Waals surface area contributed by atoms with Gasteiger partial charge in [0.2, 0.25) is 0 Å². The number of nitrogens with zero attached hydrogens (tertiary/aromatic N) is 2. The van der Waals surface area contributed by atoms with E-state index >= 15 is 0 Å². The van der Waals surface area contributed by atoms with E-state index in [1.54, 1.807) is 0 Å². The molecule has 188 valence electrons. The predicted octanol–water partition coefficient (Wildman–Crippen LogP) is 9.93. The molecule has 8 aromatic rings. The SMILES string of the molecule is c1ccc(-c2cccc(-c3ccccc3)c2-n2c(-c3cccc4c3oc3ccccc34)nc3ccccc32)cc1. The van der Waals surface area contributed by atoms with Crippen molar-refractivity contribution in [3.05, 3.63) is 146 Å². The fraction of sp³-hybridized carbons (Fsp3) is 0. The molecule has 0 bridgehead atoms. The highest BCUT2D eigenvalue weighted by molar-refractivity contribution is 6.09. The maximum Gasteiger partial charge on any atom is 0.149 e. The normalized spacial score (nSPS) is 11.5. The van der Waals surface area contributed by atoms with Crippen LogP contribution < -0.4 is 0 Å². The molecular weight excluding hydrogens is 488 g/mol. The third-order valence-corrected chi connectivity index (χ3v) is 7.64. The molecule has 3 heteroatoms. The van der Waals surface area contributed by atoms with Gasteiger partial charge in [-0.1, -0.05) is 121 Å². The van der Waals surface area contributed by atoms with Crippen LogP contribution in [0.2, 0.25) is 0 Å². The first-order valence-electron chi connectivity index (χ1n) is 13.5. The van der Waals surface area contributed by atoms with Gasteiger partial charge in [-0.2, -0.15) is 0 Å². The van der Waals surface area contributed by atoms with Gasteiger partial charge in [0.15, 0.2) is 0 Å². The van der Waals surface area contributed by atoms with Crippen LogP contribution in [0.3, 0.4) is 0 Å². The van der Waals surface area contributed by atoms with Crippen molar-refractivity contribution in [1.82, 2.24) is 9.55 Å². The molecule has 0 saturated carbocycles. The number of hydrogen-bond donors (Lipinski definition) is 0. The Bertz CT molecular complexity index is 2100. The maximum atomic E-state index is 6.50. The summed E-state index contributed by atoms with van der Waals surface area (Å²) in [5.41, 5.74) is 10.4. The van der Waals surface area contributed by atoms with E-state index in [0.29, 0.717) is 0 Å². The molecule has 0 N–H and O–H groups in total. The largest absolute Gasteiger partial charge is 0.455 e. The van der Waals surface area contributed by atoms with Crippen LogP contribution in [0.5, 0.6) is 0 Å². The molecule has 0 radical (unpaired) electrons. The second kappa shape index (κ2) is 9.11. The summed E-state index contributed by atoms with van der Waals surface area (Å²) in [7, 11) is 0. The van der Waals surface area contributed by atoms with Crippen LogP contribution in [-0.4, -0.2) is 9.55 Å². The smallest absolute Gasteiger partial charge is 0.149 e. The molecule has 3 nitrogen and oxygen atoms in total. The van der Waals surface area contributed by atoms with E-state index in [1.807, 2.05) is 18.2 Å². The van der Waals surface area contributed by atoms with Crippen LogP contribution in [0, 0.1) is 0 Å². The number of benzene rings is 6. The van der Waals surface area contributed by atoms with Crippen LogP contribution in [0.1, 0.15) is 0 Å². The van der Waals surface area contributed by atoms with Gasteiger partial charge in [-0.15, -0.1) is 0 Å². The first kappa shape index (κ1) is 22.6. The average Bonchev–Trinajstić information content (AvgIpc) is 3.60. The quantitative estimate of drug-likeness (QED) is 0.235. The molecular formula is C37H24N2O. The lowest BCUT2D eigenvalue weighted by atomic mass is 9.95. The minimum Gasteiger partial charge on any atom is -0.455 e. The molecule has 0 unspecified atom stereocenters. The van der Waals surface area contributed by atoms with Crippen LogP contribution in [0.4, 0.5) is 0 Å². The van der Waals surface area contributed by atoms with Crippen LogP contribution in [0.15, 0.2) is 150 Å². The monoisotopic (exact) mass is 512 g/mol. The van der Waals surface area contributed by atoms with Gasteiger partial charge in [0.1, 0.15) is 17.0 Å². The maximum absolute atomic E-state index is 6.50. The van der Waals surface area contributed by atoms with Gasteiger partial charge in [-0.05, 0) is 35.4 Å². The van der Waals surface area contributed by atoms with E-state index in [9.17, 15) is 0 Å². The highest BCUT2D eigenvalue weighted by atomic mass is 16.3. The van der Waals surface area contributed by atoms with Crippen molar-refractivity contribution < 1.29 is 4.42 Å². The Morgan fingerprint density at radius 3 is 1.80 bits per heavy atom. The third-order valence-electron chi connectivity index (χ3n) is 7.64. The van der Waals surface area contributed by atoms with E-state index < -0.39 is 0 Å². The predicted molar refractivity (Wildman–Crippen MR) is 165 cm³/mol. The van der Waals surface area contributed by atoms with E-state index in [0.717, 1.165) is 72.3 Å². The summed E-state index contributed by atoms with van der Waals surface area (Å²) in [5.74, 6) is 0.853. The highest BCUT2D eigenvalue weighted by Crippen LogP contribution is 2.42. The molecule has 0 aliphatic heterocycles. The standard InChI is InChI=1S/C37H24N2O/c1-3-13-25(14-4-1)27-18-11-19-28(26-15-5-2-6-16-26)35(27)39-33-23-9-8-22-32(33)38-37(39)31-21-12-20-30-29-17-7-10-24-34(29)40-36(30)31/h1-24H. The summed E-state index contributed by atoms with van der Waals surface area (Å²) in [6.45, 7) is 0. The minimum atomic E-state index is 0.846. The van der Waals surface area contributed by atoms with Crippen molar-refractivity contribution in [2.75, 3.05) is 0 Å². The van der Waals surface area contributed by atoms with Gasteiger partial charge >= 0.3 is 0 Å². The van der Waals surface area contributed by atoms with Gasteiger partial charge in [0.25, 0.3) is 0 Å². The number of rotatable bonds is 4. The summed E-state index contributed by atoms with van der Waals surface area (Å²) in [5, 5.41) is 2.20. The van der Waals surface area contributed by atoms with E-state index in [2.05, 4.69) is 132 Å². The zero-order valence-electron chi connectivity index (χ0n) is 21.7. The van der Waals surface area contributed by atoms with Crippen LogP contribution in [-0.2, 0) is 0 Å². The van der Waals surface area contributed by atoms with Gasteiger partial charge in [0, 0.05) is 21.9 Å². The molecule has 6 aromatic carbocycles. The molecule has 0 spiro atoms.